The van der Waals surface area contributed by atoms with Gasteiger partial charge in [0.25, 0.3) is 5.56 Å². The van der Waals surface area contributed by atoms with Gasteiger partial charge in [0.05, 0.1) is 25.0 Å². The Morgan fingerprint density at radius 2 is 2.30 bits per heavy atom. The van der Waals surface area contributed by atoms with E-state index in [1.165, 1.54) is 6.20 Å². The van der Waals surface area contributed by atoms with Crippen molar-refractivity contribution in [2.45, 2.75) is 18.5 Å². The van der Waals surface area contributed by atoms with Crippen LogP contribution in [0.25, 0.3) is 0 Å². The first kappa shape index (κ1) is 14.9. The van der Waals surface area contributed by atoms with E-state index in [1.54, 1.807) is 4.90 Å². The molecule has 0 aliphatic carbocycles. The number of carbonyl (C=O) groups is 1. The first-order valence-electron chi connectivity index (χ1n) is 6.03. The fourth-order valence-electron chi connectivity index (χ4n) is 2.14. The van der Waals surface area contributed by atoms with Crippen LogP contribution in [-0.2, 0) is 11.3 Å². The van der Waals surface area contributed by atoms with Crippen LogP contribution >= 0.6 is 15.9 Å². The molecule has 0 radical (unpaired) electrons. The lowest BCUT2D eigenvalue weighted by Crippen LogP contribution is -2.50. The predicted molar refractivity (Wildman–Crippen MR) is 74.7 cm³/mol. The van der Waals surface area contributed by atoms with Crippen LogP contribution in [0, 0.1) is 0 Å². The van der Waals surface area contributed by atoms with Crippen LogP contribution in [0.2, 0.25) is 0 Å². The number of hydrogen-bond acceptors (Lipinski definition) is 6. The number of anilines is 1. The van der Waals surface area contributed by atoms with Crippen LogP contribution in [0.5, 0.6) is 0 Å². The maximum absolute atomic E-state index is 12.0. The zero-order valence-electron chi connectivity index (χ0n) is 10.6. The van der Waals surface area contributed by atoms with Gasteiger partial charge in [-0.2, -0.15) is 5.10 Å². The summed E-state index contributed by atoms with van der Waals surface area (Å²) >= 11 is 3.20. The lowest BCUT2D eigenvalue weighted by molar-refractivity contribution is -0.142. The van der Waals surface area contributed by atoms with Gasteiger partial charge >= 0.3 is 5.97 Å². The highest BCUT2D eigenvalue weighted by Gasteiger charge is 2.42. The number of carboxylic acid groups (broad SMARTS) is 1. The molecule has 1 aliphatic rings. The standard InChI is InChI=1S/C11H15BrN4O4/c12-8-7(5-14-16(3-4-17)9(8)18)15-2-1-11(13,6-15)10(19)20/h5,17H,1-4,6,13H2,(H,19,20). The Balaban J connectivity index is 2.30. The second-order valence-electron chi connectivity index (χ2n) is 4.73. The number of aromatic nitrogens is 2. The number of aliphatic hydroxyl groups excluding tert-OH is 1. The minimum absolute atomic E-state index is 0.105. The molecule has 0 amide bonds. The lowest BCUT2D eigenvalue weighted by Gasteiger charge is -2.22. The van der Waals surface area contributed by atoms with Crippen molar-refractivity contribution >= 4 is 27.6 Å². The molecule has 1 aromatic heterocycles. The summed E-state index contributed by atoms with van der Waals surface area (Å²) in [5.41, 5.74) is 4.63. The predicted octanol–water partition coefficient (Wildman–Crippen LogP) is -1.01. The summed E-state index contributed by atoms with van der Waals surface area (Å²) in [6, 6.07) is 0. The molecule has 2 heterocycles. The normalized spacial score (nSPS) is 22.2. The van der Waals surface area contributed by atoms with E-state index in [9.17, 15) is 9.59 Å². The highest BCUT2D eigenvalue weighted by Crippen LogP contribution is 2.28. The van der Waals surface area contributed by atoms with E-state index in [0.717, 1.165) is 4.68 Å². The molecule has 9 heteroatoms. The molecule has 0 spiro atoms. The van der Waals surface area contributed by atoms with Crippen molar-refractivity contribution in [3.05, 3.63) is 21.0 Å². The Morgan fingerprint density at radius 3 is 2.85 bits per heavy atom. The van der Waals surface area contributed by atoms with Crippen LogP contribution in [-0.4, -0.2) is 51.2 Å². The number of aliphatic carboxylic acids is 1. The average molecular weight is 347 g/mol. The van der Waals surface area contributed by atoms with Crippen LogP contribution < -0.4 is 16.2 Å². The molecule has 0 saturated carbocycles. The van der Waals surface area contributed by atoms with Gasteiger partial charge < -0.3 is 20.8 Å². The zero-order chi connectivity index (χ0) is 14.9. The third-order valence-electron chi connectivity index (χ3n) is 3.35. The van der Waals surface area contributed by atoms with Gasteiger partial charge in [0.15, 0.2) is 0 Å². The maximum Gasteiger partial charge on any atom is 0.325 e. The first-order chi connectivity index (χ1) is 9.39. The quantitative estimate of drug-likeness (QED) is 0.638. The Hall–Kier alpha value is -1.45. The van der Waals surface area contributed by atoms with Gasteiger partial charge in [0.2, 0.25) is 0 Å². The second-order valence-corrected chi connectivity index (χ2v) is 5.52. The minimum Gasteiger partial charge on any atom is -0.480 e. The van der Waals surface area contributed by atoms with E-state index in [1.807, 2.05) is 0 Å². The smallest absolute Gasteiger partial charge is 0.325 e. The molecule has 0 aromatic carbocycles. The lowest BCUT2D eigenvalue weighted by atomic mass is 10.0. The Bertz CT molecular complexity index is 590. The van der Waals surface area contributed by atoms with Gasteiger partial charge in [0.1, 0.15) is 10.0 Å². The number of hydrogen-bond donors (Lipinski definition) is 3. The molecule has 4 N–H and O–H groups in total. The Kier molecular flexibility index (Phi) is 4.11. The first-order valence-corrected chi connectivity index (χ1v) is 6.82. The molecule has 1 atom stereocenters. The van der Waals surface area contributed by atoms with Crippen LogP contribution in [0.3, 0.4) is 0 Å². The molecule has 1 fully saturated rings. The van der Waals surface area contributed by atoms with Crippen LogP contribution in [0.4, 0.5) is 5.69 Å². The van der Waals surface area contributed by atoms with Crippen molar-refractivity contribution in [1.29, 1.82) is 0 Å². The largest absolute Gasteiger partial charge is 0.480 e. The fourth-order valence-corrected chi connectivity index (χ4v) is 2.70. The summed E-state index contributed by atoms with van der Waals surface area (Å²) < 4.78 is 1.42. The summed E-state index contributed by atoms with van der Waals surface area (Å²) in [4.78, 5) is 24.8. The fraction of sp³-hybridized carbons (Fsp3) is 0.545. The number of nitrogens with two attached hydrogens (primary N) is 1. The Labute approximate surface area is 122 Å². The third kappa shape index (κ3) is 2.56. The number of nitrogens with zero attached hydrogens (tertiary/aromatic N) is 3. The molecule has 2 rings (SSSR count). The molecule has 20 heavy (non-hydrogen) atoms. The van der Waals surface area contributed by atoms with Crippen molar-refractivity contribution in [1.82, 2.24) is 9.78 Å². The molecule has 1 aliphatic heterocycles. The minimum atomic E-state index is -1.31. The number of halogens is 1. The van der Waals surface area contributed by atoms with Crippen LogP contribution in [0.1, 0.15) is 6.42 Å². The summed E-state index contributed by atoms with van der Waals surface area (Å²) in [5.74, 6) is -1.06. The van der Waals surface area contributed by atoms with E-state index in [0.29, 0.717) is 18.7 Å². The molecule has 1 unspecified atom stereocenters. The summed E-state index contributed by atoms with van der Waals surface area (Å²) in [6.45, 7) is 0.472. The van der Waals surface area contributed by atoms with Gasteiger partial charge in [-0.3, -0.25) is 9.59 Å². The highest BCUT2D eigenvalue weighted by molar-refractivity contribution is 9.10. The monoisotopic (exact) mass is 346 g/mol. The van der Waals surface area contributed by atoms with Crippen molar-refractivity contribution < 1.29 is 15.0 Å². The van der Waals surface area contributed by atoms with E-state index in [4.69, 9.17) is 15.9 Å². The van der Waals surface area contributed by atoms with Gasteiger partial charge in [-0.05, 0) is 22.4 Å². The van der Waals surface area contributed by atoms with E-state index in [-0.39, 0.29) is 29.7 Å². The van der Waals surface area contributed by atoms with Gasteiger partial charge in [-0.25, -0.2) is 4.68 Å². The SMILES string of the molecule is NC1(C(=O)O)CCN(c2cnn(CCO)c(=O)c2Br)C1. The molecule has 8 nitrogen and oxygen atoms in total. The molecule has 1 aromatic rings. The van der Waals surface area contributed by atoms with Gasteiger partial charge in [0, 0.05) is 13.1 Å². The summed E-state index contributed by atoms with van der Waals surface area (Å²) in [5, 5.41) is 21.9. The molecule has 0 bridgehead atoms. The topological polar surface area (TPSA) is 122 Å². The third-order valence-corrected chi connectivity index (χ3v) is 4.09. The van der Waals surface area contributed by atoms with E-state index < -0.39 is 11.5 Å². The van der Waals surface area contributed by atoms with Gasteiger partial charge in [-0.15, -0.1) is 0 Å². The van der Waals surface area contributed by atoms with E-state index in [2.05, 4.69) is 21.0 Å². The van der Waals surface area contributed by atoms with Crippen molar-refractivity contribution in [2.75, 3.05) is 24.6 Å². The number of rotatable bonds is 4. The van der Waals surface area contributed by atoms with Crippen molar-refractivity contribution in [3.63, 3.8) is 0 Å². The summed E-state index contributed by atoms with van der Waals surface area (Å²) in [7, 11) is 0. The second kappa shape index (κ2) is 5.51. The number of aliphatic hydroxyl groups is 1. The maximum atomic E-state index is 12.0. The molecular formula is C11H15BrN4O4. The molecule has 110 valence electrons. The summed E-state index contributed by atoms with van der Waals surface area (Å²) in [6.07, 6.45) is 1.77. The molecular weight excluding hydrogens is 332 g/mol. The number of carboxylic acids is 1. The van der Waals surface area contributed by atoms with Crippen molar-refractivity contribution in [3.8, 4) is 0 Å². The van der Waals surface area contributed by atoms with Crippen LogP contribution in [0.15, 0.2) is 15.5 Å². The highest BCUT2D eigenvalue weighted by atomic mass is 79.9. The van der Waals surface area contributed by atoms with E-state index >= 15 is 0 Å². The van der Waals surface area contributed by atoms with Gasteiger partial charge in [-0.1, -0.05) is 0 Å². The average Bonchev–Trinajstić information content (AvgIpc) is 2.79. The Morgan fingerprint density at radius 1 is 1.60 bits per heavy atom. The van der Waals surface area contributed by atoms with Crippen molar-refractivity contribution in [2.24, 2.45) is 5.73 Å². The molecule has 1 saturated heterocycles. The zero-order valence-corrected chi connectivity index (χ0v) is 12.2.